The van der Waals surface area contributed by atoms with Crippen LogP contribution < -0.4 is 0 Å². The summed E-state index contributed by atoms with van der Waals surface area (Å²) in [6, 6.07) is 2.28. The molecule has 1 aliphatic carbocycles. The summed E-state index contributed by atoms with van der Waals surface area (Å²) in [5.74, 6) is 0.839. The molecule has 1 aromatic rings. The summed E-state index contributed by atoms with van der Waals surface area (Å²) >= 11 is 1.92. The molecule has 1 heterocycles. The van der Waals surface area contributed by atoms with Crippen molar-refractivity contribution in [3.63, 3.8) is 0 Å². The second-order valence-corrected chi connectivity index (χ2v) is 3.74. The van der Waals surface area contributed by atoms with E-state index in [0.29, 0.717) is 0 Å². The van der Waals surface area contributed by atoms with Gasteiger partial charge in [-0.25, -0.2) is 0 Å². The molecule has 0 nitrogen and oxygen atoms in total. The molecule has 1 heteroatoms. The average molecular weight is 138 g/mol. The molecule has 0 fully saturated rings. The third-order valence-corrected chi connectivity index (χ3v) is 3.11. The topological polar surface area (TPSA) is 0 Å². The van der Waals surface area contributed by atoms with Gasteiger partial charge in [0, 0.05) is 4.88 Å². The molecule has 2 rings (SSSR count). The highest BCUT2D eigenvalue weighted by molar-refractivity contribution is 7.10. The van der Waals surface area contributed by atoms with Crippen LogP contribution in [0.5, 0.6) is 0 Å². The summed E-state index contributed by atoms with van der Waals surface area (Å²) in [6.45, 7) is 2.32. The first-order valence-electron chi connectivity index (χ1n) is 3.44. The first kappa shape index (κ1) is 5.48. The number of hydrogen-bond donors (Lipinski definition) is 0. The Bertz CT molecular complexity index is 212. The lowest BCUT2D eigenvalue weighted by Gasteiger charge is -1.96. The predicted octanol–water partition coefficient (Wildman–Crippen LogP) is 2.80. The summed E-state index contributed by atoms with van der Waals surface area (Å²) in [6.07, 6.45) is 2.70. The van der Waals surface area contributed by atoms with E-state index in [1.165, 1.54) is 12.8 Å². The molecule has 0 saturated heterocycles. The molecule has 0 N–H and O–H groups in total. The Morgan fingerprint density at radius 3 is 3.33 bits per heavy atom. The monoisotopic (exact) mass is 138 g/mol. The lowest BCUT2D eigenvalue weighted by atomic mass is 10.1. The van der Waals surface area contributed by atoms with Crippen LogP contribution >= 0.6 is 11.3 Å². The molecule has 48 valence electrons. The van der Waals surface area contributed by atoms with Crippen LogP contribution in [0.15, 0.2) is 11.4 Å². The van der Waals surface area contributed by atoms with E-state index in [9.17, 15) is 0 Å². The van der Waals surface area contributed by atoms with Gasteiger partial charge in [-0.15, -0.1) is 11.3 Å². The van der Waals surface area contributed by atoms with Gasteiger partial charge in [0.05, 0.1) is 0 Å². The van der Waals surface area contributed by atoms with Crippen LogP contribution in [0, 0.1) is 0 Å². The second kappa shape index (κ2) is 1.84. The van der Waals surface area contributed by atoms with Gasteiger partial charge >= 0.3 is 0 Å². The fourth-order valence-electron chi connectivity index (χ4n) is 1.50. The van der Waals surface area contributed by atoms with Gasteiger partial charge in [0.15, 0.2) is 0 Å². The third-order valence-electron chi connectivity index (χ3n) is 2.12. The standard InChI is InChI=1S/C8H10S/c1-6-2-3-8-7(6)4-5-9-8/h4-6H,2-3H2,1H3/t6-/m0/s1. The average Bonchev–Trinajstić information content (AvgIpc) is 2.35. The minimum absolute atomic E-state index is 0.839. The van der Waals surface area contributed by atoms with Crippen molar-refractivity contribution in [1.29, 1.82) is 0 Å². The first-order valence-corrected chi connectivity index (χ1v) is 4.32. The molecular formula is C8H10S. The highest BCUT2D eigenvalue weighted by Gasteiger charge is 2.18. The maximum atomic E-state index is 2.32. The molecule has 1 aliphatic rings. The van der Waals surface area contributed by atoms with Crippen LogP contribution in [0.4, 0.5) is 0 Å². The van der Waals surface area contributed by atoms with Crippen LogP contribution in [0.3, 0.4) is 0 Å². The van der Waals surface area contributed by atoms with Gasteiger partial charge in [0.1, 0.15) is 0 Å². The van der Waals surface area contributed by atoms with Crippen LogP contribution in [-0.2, 0) is 6.42 Å². The van der Waals surface area contributed by atoms with E-state index in [1.807, 2.05) is 11.3 Å². The van der Waals surface area contributed by atoms with Crippen molar-refractivity contribution >= 4 is 11.3 Å². The first-order chi connectivity index (χ1) is 4.38. The molecule has 0 saturated carbocycles. The van der Waals surface area contributed by atoms with Crippen molar-refractivity contribution in [1.82, 2.24) is 0 Å². The lowest BCUT2D eigenvalue weighted by molar-refractivity contribution is 0.747. The van der Waals surface area contributed by atoms with Gasteiger partial charge in [-0.05, 0) is 35.8 Å². The summed E-state index contributed by atoms with van der Waals surface area (Å²) in [5.41, 5.74) is 1.61. The molecule has 0 bridgehead atoms. The van der Waals surface area contributed by atoms with Crippen molar-refractivity contribution in [3.05, 3.63) is 21.9 Å². The van der Waals surface area contributed by atoms with Gasteiger partial charge in [-0.3, -0.25) is 0 Å². The zero-order valence-electron chi connectivity index (χ0n) is 5.55. The summed E-state index contributed by atoms with van der Waals surface area (Å²) in [4.78, 5) is 1.63. The van der Waals surface area contributed by atoms with Crippen LogP contribution in [-0.4, -0.2) is 0 Å². The van der Waals surface area contributed by atoms with Crippen LogP contribution in [0.2, 0.25) is 0 Å². The maximum Gasteiger partial charge on any atom is 0.00801 e. The quantitative estimate of drug-likeness (QED) is 0.517. The Kier molecular flexibility index (Phi) is 1.12. The summed E-state index contributed by atoms with van der Waals surface area (Å²) < 4.78 is 0. The van der Waals surface area contributed by atoms with E-state index in [1.54, 1.807) is 10.4 Å². The highest BCUT2D eigenvalue weighted by Crippen LogP contribution is 2.35. The number of thiophene rings is 1. The molecule has 0 amide bonds. The normalized spacial score (nSPS) is 24.3. The molecule has 0 aliphatic heterocycles. The molecule has 0 spiro atoms. The largest absolute Gasteiger partial charge is 0.149 e. The lowest BCUT2D eigenvalue weighted by Crippen LogP contribution is -1.80. The van der Waals surface area contributed by atoms with Gasteiger partial charge in [0.25, 0.3) is 0 Å². The van der Waals surface area contributed by atoms with Crippen LogP contribution in [0.25, 0.3) is 0 Å². The highest BCUT2D eigenvalue weighted by atomic mass is 32.1. The van der Waals surface area contributed by atoms with E-state index in [2.05, 4.69) is 18.4 Å². The smallest absolute Gasteiger partial charge is 0.00801 e. The molecule has 1 atom stereocenters. The van der Waals surface area contributed by atoms with E-state index in [0.717, 1.165) is 5.92 Å². The zero-order valence-corrected chi connectivity index (χ0v) is 6.37. The Labute approximate surface area is 59.5 Å². The molecule has 0 unspecified atom stereocenters. The molecule has 1 aromatic heterocycles. The fraction of sp³-hybridized carbons (Fsp3) is 0.500. The van der Waals surface area contributed by atoms with Crippen LogP contribution in [0.1, 0.15) is 29.7 Å². The Balaban J connectivity index is 2.49. The van der Waals surface area contributed by atoms with E-state index in [4.69, 9.17) is 0 Å². The number of fused-ring (bicyclic) bond motifs is 1. The van der Waals surface area contributed by atoms with Gasteiger partial charge < -0.3 is 0 Å². The Hall–Kier alpha value is -0.300. The SMILES string of the molecule is C[C@H]1CCc2sccc21. The molecule has 0 radical (unpaired) electrons. The number of aryl methyl sites for hydroxylation is 1. The van der Waals surface area contributed by atoms with Crippen molar-refractivity contribution in [3.8, 4) is 0 Å². The van der Waals surface area contributed by atoms with Gasteiger partial charge in [-0.1, -0.05) is 6.92 Å². The van der Waals surface area contributed by atoms with Crippen molar-refractivity contribution < 1.29 is 0 Å². The number of hydrogen-bond acceptors (Lipinski definition) is 1. The van der Waals surface area contributed by atoms with Crippen molar-refractivity contribution in [2.24, 2.45) is 0 Å². The molecular weight excluding hydrogens is 128 g/mol. The second-order valence-electron chi connectivity index (χ2n) is 2.74. The third kappa shape index (κ3) is 0.715. The summed E-state index contributed by atoms with van der Waals surface area (Å²) in [5, 5.41) is 2.21. The fourth-order valence-corrected chi connectivity index (χ4v) is 2.52. The van der Waals surface area contributed by atoms with E-state index in [-0.39, 0.29) is 0 Å². The zero-order chi connectivity index (χ0) is 6.27. The van der Waals surface area contributed by atoms with Crippen molar-refractivity contribution in [2.75, 3.05) is 0 Å². The Morgan fingerprint density at radius 2 is 2.56 bits per heavy atom. The van der Waals surface area contributed by atoms with Gasteiger partial charge in [-0.2, -0.15) is 0 Å². The van der Waals surface area contributed by atoms with E-state index >= 15 is 0 Å². The number of rotatable bonds is 0. The molecule has 9 heavy (non-hydrogen) atoms. The van der Waals surface area contributed by atoms with Gasteiger partial charge in [0.2, 0.25) is 0 Å². The van der Waals surface area contributed by atoms with E-state index < -0.39 is 0 Å². The predicted molar refractivity (Wildman–Crippen MR) is 41.1 cm³/mol. The minimum Gasteiger partial charge on any atom is -0.149 e. The maximum absolute atomic E-state index is 2.32. The van der Waals surface area contributed by atoms with Crippen molar-refractivity contribution in [2.45, 2.75) is 25.7 Å². The molecule has 0 aromatic carbocycles. The minimum atomic E-state index is 0.839. The Morgan fingerprint density at radius 1 is 1.67 bits per heavy atom. The summed E-state index contributed by atoms with van der Waals surface area (Å²) in [7, 11) is 0.